The van der Waals surface area contributed by atoms with Gasteiger partial charge in [-0.15, -0.1) is 0 Å². The maximum absolute atomic E-state index is 12.5. The fraction of sp³-hybridized carbons (Fsp3) is 0.360. The summed E-state index contributed by atoms with van der Waals surface area (Å²) in [4.78, 5) is 23.2. The van der Waals surface area contributed by atoms with Gasteiger partial charge in [0.2, 0.25) is 0 Å². The van der Waals surface area contributed by atoms with E-state index >= 15 is 0 Å². The number of methoxy groups -OCH3 is 1. The van der Waals surface area contributed by atoms with E-state index in [2.05, 4.69) is 45.5 Å². The van der Waals surface area contributed by atoms with Crippen molar-refractivity contribution in [3.8, 4) is 17.0 Å². The van der Waals surface area contributed by atoms with Gasteiger partial charge in [-0.25, -0.2) is 4.98 Å². The van der Waals surface area contributed by atoms with E-state index in [0.29, 0.717) is 17.3 Å². The van der Waals surface area contributed by atoms with Crippen molar-refractivity contribution in [1.29, 1.82) is 0 Å². The summed E-state index contributed by atoms with van der Waals surface area (Å²) in [6.45, 7) is 3.17. The summed E-state index contributed by atoms with van der Waals surface area (Å²) >= 11 is 0. The topological polar surface area (TPSA) is 70.2 Å². The second-order valence-corrected chi connectivity index (χ2v) is 8.00. The predicted molar refractivity (Wildman–Crippen MR) is 123 cm³/mol. The first-order valence-corrected chi connectivity index (χ1v) is 10.9. The summed E-state index contributed by atoms with van der Waals surface area (Å²) in [5.41, 5.74) is 3.51. The van der Waals surface area contributed by atoms with E-state index < -0.39 is 0 Å². The molecule has 1 aliphatic heterocycles. The van der Waals surface area contributed by atoms with Crippen molar-refractivity contribution in [2.45, 2.75) is 25.2 Å². The first kappa shape index (κ1) is 21.1. The summed E-state index contributed by atoms with van der Waals surface area (Å²) in [6.07, 6.45) is 3.16. The van der Waals surface area contributed by atoms with Crippen molar-refractivity contribution in [3.63, 3.8) is 0 Å². The first-order chi connectivity index (χ1) is 15.2. The zero-order chi connectivity index (χ0) is 21.6. The van der Waals surface area contributed by atoms with Crippen LogP contribution >= 0.6 is 0 Å². The summed E-state index contributed by atoms with van der Waals surface area (Å²) in [5, 5.41) is 2.73. The Hall–Kier alpha value is -3.12. The molecule has 0 aliphatic carbocycles. The summed E-state index contributed by atoms with van der Waals surface area (Å²) in [7, 11) is 3.29. The number of rotatable bonds is 7. The number of ether oxygens (including phenoxy) is 1. The van der Waals surface area contributed by atoms with Crippen LogP contribution in [0.15, 0.2) is 54.6 Å². The number of imidazole rings is 1. The molecule has 0 radical (unpaired) electrons. The lowest BCUT2D eigenvalue weighted by atomic mass is 9.96. The number of aromatic nitrogens is 2. The number of carbonyl (C=O) groups excluding carboxylic acids is 1. The molecule has 2 aromatic carbocycles. The number of carbonyl (C=O) groups is 1. The van der Waals surface area contributed by atoms with E-state index in [1.54, 1.807) is 14.2 Å². The molecule has 0 unspecified atom stereocenters. The SMILES string of the molecule is CNC(=O)c1[nH]c(C2CCN(CCc3ccccc3)CC2)nc1-c1ccc(OC)cc1. The van der Waals surface area contributed by atoms with Crippen LogP contribution in [0.3, 0.4) is 0 Å². The molecule has 1 aromatic heterocycles. The molecule has 0 saturated carbocycles. The third-order valence-electron chi connectivity index (χ3n) is 6.07. The highest BCUT2D eigenvalue weighted by Crippen LogP contribution is 2.31. The van der Waals surface area contributed by atoms with Crippen molar-refractivity contribution in [2.24, 2.45) is 0 Å². The molecule has 6 heteroatoms. The fourth-order valence-corrected chi connectivity index (χ4v) is 4.19. The number of amides is 1. The molecule has 0 spiro atoms. The molecule has 2 heterocycles. The number of benzene rings is 2. The fourth-order valence-electron chi connectivity index (χ4n) is 4.19. The van der Waals surface area contributed by atoms with Crippen LogP contribution in [0.1, 0.15) is 40.6 Å². The lowest BCUT2D eigenvalue weighted by Gasteiger charge is -2.31. The summed E-state index contributed by atoms with van der Waals surface area (Å²) in [6, 6.07) is 18.3. The molecule has 1 saturated heterocycles. The van der Waals surface area contributed by atoms with E-state index in [1.807, 2.05) is 24.3 Å². The third-order valence-corrected chi connectivity index (χ3v) is 6.07. The smallest absolute Gasteiger partial charge is 0.269 e. The van der Waals surface area contributed by atoms with Crippen LogP contribution in [0, 0.1) is 0 Å². The molecule has 0 bridgehead atoms. The zero-order valence-electron chi connectivity index (χ0n) is 18.2. The molecular formula is C25H30N4O2. The Morgan fingerprint density at radius 2 is 1.84 bits per heavy atom. The van der Waals surface area contributed by atoms with Crippen LogP contribution in [0.5, 0.6) is 5.75 Å². The van der Waals surface area contributed by atoms with Crippen molar-refractivity contribution in [2.75, 3.05) is 33.8 Å². The van der Waals surface area contributed by atoms with E-state index in [4.69, 9.17) is 9.72 Å². The van der Waals surface area contributed by atoms with Crippen molar-refractivity contribution in [1.82, 2.24) is 20.2 Å². The summed E-state index contributed by atoms with van der Waals surface area (Å²) in [5.74, 6) is 1.88. The van der Waals surface area contributed by atoms with Crippen LogP contribution in [-0.4, -0.2) is 54.6 Å². The largest absolute Gasteiger partial charge is 0.497 e. The van der Waals surface area contributed by atoms with Gasteiger partial charge in [-0.3, -0.25) is 4.79 Å². The molecule has 1 fully saturated rings. The highest BCUT2D eigenvalue weighted by Gasteiger charge is 2.26. The van der Waals surface area contributed by atoms with Crippen molar-refractivity contribution >= 4 is 5.91 Å². The Labute approximate surface area is 183 Å². The Kier molecular flexibility index (Phi) is 6.67. The molecule has 162 valence electrons. The number of aromatic amines is 1. The Morgan fingerprint density at radius 3 is 2.48 bits per heavy atom. The normalized spacial score (nSPS) is 15.0. The van der Waals surface area contributed by atoms with Gasteiger partial charge >= 0.3 is 0 Å². The molecule has 0 atom stereocenters. The predicted octanol–water partition coefficient (Wildman–Crippen LogP) is 3.87. The van der Waals surface area contributed by atoms with E-state index in [1.165, 1.54) is 5.56 Å². The lowest BCUT2D eigenvalue weighted by molar-refractivity contribution is 0.0959. The maximum atomic E-state index is 12.5. The monoisotopic (exact) mass is 418 g/mol. The highest BCUT2D eigenvalue weighted by molar-refractivity contribution is 5.98. The molecule has 4 rings (SSSR count). The van der Waals surface area contributed by atoms with Gasteiger partial charge in [0.15, 0.2) is 0 Å². The van der Waals surface area contributed by atoms with E-state index in [-0.39, 0.29) is 5.91 Å². The molecule has 31 heavy (non-hydrogen) atoms. The number of hydrogen-bond acceptors (Lipinski definition) is 4. The zero-order valence-corrected chi connectivity index (χ0v) is 18.2. The number of nitrogens with zero attached hydrogens (tertiary/aromatic N) is 2. The standard InChI is InChI=1S/C25H30N4O2/c1-26-25(30)23-22(19-8-10-21(31-2)11-9-19)27-24(28-23)20-13-16-29(17-14-20)15-12-18-6-4-3-5-7-18/h3-11,20H,12-17H2,1-2H3,(H,26,30)(H,27,28). The molecule has 6 nitrogen and oxygen atoms in total. The summed E-state index contributed by atoms with van der Waals surface area (Å²) < 4.78 is 5.25. The third kappa shape index (κ3) is 4.97. The average molecular weight is 419 g/mol. The van der Waals surface area contributed by atoms with Crippen LogP contribution < -0.4 is 10.1 Å². The minimum absolute atomic E-state index is 0.148. The van der Waals surface area contributed by atoms with Gasteiger partial charge in [0.05, 0.1) is 7.11 Å². The van der Waals surface area contributed by atoms with Crippen LogP contribution in [0.4, 0.5) is 0 Å². The Balaban J connectivity index is 1.44. The quantitative estimate of drug-likeness (QED) is 0.611. The average Bonchev–Trinajstić information content (AvgIpc) is 3.29. The number of nitrogens with one attached hydrogen (secondary N) is 2. The van der Waals surface area contributed by atoms with E-state index in [0.717, 1.165) is 56.0 Å². The van der Waals surface area contributed by atoms with Crippen LogP contribution in [0.25, 0.3) is 11.3 Å². The second kappa shape index (κ2) is 9.79. The number of likely N-dealkylation sites (tertiary alicyclic amines) is 1. The maximum Gasteiger partial charge on any atom is 0.269 e. The minimum Gasteiger partial charge on any atom is -0.497 e. The number of piperidine rings is 1. The Bertz CT molecular complexity index is 990. The molecule has 1 amide bonds. The number of H-pyrrole nitrogens is 1. The lowest BCUT2D eigenvalue weighted by Crippen LogP contribution is -2.34. The molecule has 2 N–H and O–H groups in total. The van der Waals surface area contributed by atoms with Gasteiger partial charge in [0.25, 0.3) is 5.91 Å². The highest BCUT2D eigenvalue weighted by atomic mass is 16.5. The Morgan fingerprint density at radius 1 is 1.13 bits per heavy atom. The van der Waals surface area contributed by atoms with Crippen LogP contribution in [0.2, 0.25) is 0 Å². The molecule has 1 aliphatic rings. The second-order valence-electron chi connectivity index (χ2n) is 8.00. The van der Waals surface area contributed by atoms with Gasteiger partial charge < -0.3 is 19.9 Å². The molecular weight excluding hydrogens is 388 g/mol. The molecule has 3 aromatic rings. The minimum atomic E-state index is -0.148. The van der Waals surface area contributed by atoms with Gasteiger partial charge in [0, 0.05) is 25.1 Å². The number of hydrogen-bond donors (Lipinski definition) is 2. The van der Waals surface area contributed by atoms with Crippen molar-refractivity contribution in [3.05, 3.63) is 71.7 Å². The first-order valence-electron chi connectivity index (χ1n) is 10.9. The van der Waals surface area contributed by atoms with Gasteiger partial charge in [0.1, 0.15) is 23.0 Å². The van der Waals surface area contributed by atoms with E-state index in [9.17, 15) is 4.79 Å². The van der Waals surface area contributed by atoms with Gasteiger partial charge in [-0.2, -0.15) is 0 Å². The van der Waals surface area contributed by atoms with Gasteiger partial charge in [-0.05, 0) is 62.2 Å². The van der Waals surface area contributed by atoms with Crippen LogP contribution in [-0.2, 0) is 6.42 Å². The van der Waals surface area contributed by atoms with Gasteiger partial charge in [-0.1, -0.05) is 30.3 Å². The van der Waals surface area contributed by atoms with Crippen molar-refractivity contribution < 1.29 is 9.53 Å².